The maximum Gasteiger partial charge on any atom is 0.171 e. The second-order valence-corrected chi connectivity index (χ2v) is 5.63. The highest BCUT2D eigenvalue weighted by atomic mass is 127. The minimum Gasteiger partial charge on any atom is -0.504 e. The summed E-state index contributed by atoms with van der Waals surface area (Å²) in [6, 6.07) is 11.2. The number of aliphatic imine (C=N–C) groups is 1. The van der Waals surface area contributed by atoms with Crippen molar-refractivity contribution < 1.29 is 14.6 Å². The number of benzene rings is 2. The fourth-order valence-electron chi connectivity index (χ4n) is 1.88. The molecular weight excluding hydrogens is 393 g/mol. The molecule has 0 aliphatic rings. The van der Waals surface area contributed by atoms with Gasteiger partial charge in [-0.25, -0.2) is 0 Å². The summed E-state index contributed by atoms with van der Waals surface area (Å²) < 4.78 is 11.6. The molecule has 0 unspecified atom stereocenters. The molecule has 116 valence electrons. The van der Waals surface area contributed by atoms with Crippen molar-refractivity contribution in [1.29, 1.82) is 0 Å². The van der Waals surface area contributed by atoms with Gasteiger partial charge in [-0.1, -0.05) is 0 Å². The van der Waals surface area contributed by atoms with E-state index in [1.165, 1.54) is 0 Å². The van der Waals surface area contributed by atoms with E-state index in [9.17, 15) is 5.11 Å². The van der Waals surface area contributed by atoms with Crippen molar-refractivity contribution in [3.8, 4) is 17.2 Å². The van der Waals surface area contributed by atoms with Crippen molar-refractivity contribution in [1.82, 2.24) is 0 Å². The van der Waals surface area contributed by atoms with Crippen LogP contribution in [0.4, 0.5) is 5.69 Å². The third-order valence-electron chi connectivity index (χ3n) is 2.86. The Morgan fingerprint density at radius 3 is 2.41 bits per heavy atom. The van der Waals surface area contributed by atoms with Crippen LogP contribution in [0.2, 0.25) is 0 Å². The van der Waals surface area contributed by atoms with Gasteiger partial charge in [0.15, 0.2) is 11.5 Å². The van der Waals surface area contributed by atoms with Crippen molar-refractivity contribution in [2.75, 3.05) is 13.2 Å². The maximum atomic E-state index is 9.93. The van der Waals surface area contributed by atoms with E-state index in [4.69, 9.17) is 9.47 Å². The monoisotopic (exact) mass is 411 g/mol. The summed E-state index contributed by atoms with van der Waals surface area (Å²) in [4.78, 5) is 4.43. The molecular formula is C17H18INO3. The highest BCUT2D eigenvalue weighted by Crippen LogP contribution is 2.32. The summed E-state index contributed by atoms with van der Waals surface area (Å²) in [7, 11) is 0. The fourth-order valence-corrected chi connectivity index (χ4v) is 2.50. The smallest absolute Gasteiger partial charge is 0.171 e. The molecule has 1 N–H and O–H groups in total. The zero-order chi connectivity index (χ0) is 15.9. The standard InChI is InChI=1S/C17H18INO3/c1-3-21-14-7-5-13(6-8-14)19-11-12-9-15(18)17(20)16(10-12)22-4-2/h5-11,20H,3-4H2,1-2H3. The Morgan fingerprint density at radius 2 is 1.77 bits per heavy atom. The van der Waals surface area contributed by atoms with E-state index in [2.05, 4.69) is 27.6 Å². The number of hydrogen-bond acceptors (Lipinski definition) is 4. The molecule has 0 atom stereocenters. The highest BCUT2D eigenvalue weighted by molar-refractivity contribution is 14.1. The van der Waals surface area contributed by atoms with Crippen LogP contribution in [0, 0.1) is 3.57 Å². The van der Waals surface area contributed by atoms with E-state index in [1.54, 1.807) is 12.3 Å². The molecule has 0 aromatic heterocycles. The van der Waals surface area contributed by atoms with Gasteiger partial charge in [-0.05, 0) is 78.4 Å². The van der Waals surface area contributed by atoms with Crippen molar-refractivity contribution in [3.63, 3.8) is 0 Å². The van der Waals surface area contributed by atoms with Gasteiger partial charge < -0.3 is 14.6 Å². The van der Waals surface area contributed by atoms with Gasteiger partial charge in [-0.3, -0.25) is 4.99 Å². The van der Waals surface area contributed by atoms with Gasteiger partial charge in [-0.2, -0.15) is 0 Å². The molecule has 22 heavy (non-hydrogen) atoms. The highest BCUT2D eigenvalue weighted by Gasteiger charge is 2.08. The molecule has 4 nitrogen and oxygen atoms in total. The molecule has 0 saturated heterocycles. The second-order valence-electron chi connectivity index (χ2n) is 4.47. The van der Waals surface area contributed by atoms with Crippen molar-refractivity contribution in [2.24, 2.45) is 4.99 Å². The minimum absolute atomic E-state index is 0.167. The fraction of sp³-hybridized carbons (Fsp3) is 0.235. The lowest BCUT2D eigenvalue weighted by Gasteiger charge is -2.08. The molecule has 0 aliphatic heterocycles. The Morgan fingerprint density at radius 1 is 1.09 bits per heavy atom. The summed E-state index contributed by atoms with van der Waals surface area (Å²) in [5, 5.41) is 9.93. The second kappa shape index (κ2) is 8.03. The third kappa shape index (κ3) is 4.37. The van der Waals surface area contributed by atoms with Crippen molar-refractivity contribution >= 4 is 34.5 Å². The molecule has 2 aromatic rings. The number of hydrogen-bond donors (Lipinski definition) is 1. The normalized spacial score (nSPS) is 10.9. The van der Waals surface area contributed by atoms with Crippen LogP contribution in [-0.2, 0) is 0 Å². The van der Waals surface area contributed by atoms with Gasteiger partial charge in [0.05, 0.1) is 22.5 Å². The molecule has 0 bridgehead atoms. The van der Waals surface area contributed by atoms with E-state index in [-0.39, 0.29) is 5.75 Å². The molecule has 0 aliphatic carbocycles. The first-order chi connectivity index (χ1) is 10.6. The lowest BCUT2D eigenvalue weighted by molar-refractivity contribution is 0.317. The number of ether oxygens (including phenoxy) is 2. The summed E-state index contributed by atoms with van der Waals surface area (Å²) in [5.74, 6) is 1.47. The van der Waals surface area contributed by atoms with Crippen LogP contribution in [0.5, 0.6) is 17.2 Å². The number of aromatic hydroxyl groups is 1. The lowest BCUT2D eigenvalue weighted by atomic mass is 10.2. The van der Waals surface area contributed by atoms with Crippen LogP contribution in [0.25, 0.3) is 0 Å². The Hall–Kier alpha value is -1.76. The molecule has 0 amide bonds. The van der Waals surface area contributed by atoms with E-state index in [0.29, 0.717) is 19.0 Å². The van der Waals surface area contributed by atoms with Crippen LogP contribution in [-0.4, -0.2) is 24.5 Å². The molecule has 0 fully saturated rings. The quantitative estimate of drug-likeness (QED) is 0.561. The van der Waals surface area contributed by atoms with E-state index in [1.807, 2.05) is 44.2 Å². The van der Waals surface area contributed by atoms with Crippen LogP contribution in [0.15, 0.2) is 41.4 Å². The molecule has 0 heterocycles. The largest absolute Gasteiger partial charge is 0.504 e. The maximum absolute atomic E-state index is 9.93. The topological polar surface area (TPSA) is 51.0 Å². The van der Waals surface area contributed by atoms with Gasteiger partial charge in [0, 0.05) is 6.21 Å². The van der Waals surface area contributed by atoms with Gasteiger partial charge >= 0.3 is 0 Å². The molecule has 2 rings (SSSR count). The first kappa shape index (κ1) is 16.6. The number of phenolic OH excluding ortho intramolecular Hbond substituents is 1. The van der Waals surface area contributed by atoms with Crippen LogP contribution in [0.1, 0.15) is 19.4 Å². The summed E-state index contributed by atoms with van der Waals surface area (Å²) in [6.07, 6.45) is 1.75. The van der Waals surface area contributed by atoms with E-state index < -0.39 is 0 Å². The average Bonchev–Trinajstić information content (AvgIpc) is 2.52. The summed E-state index contributed by atoms with van der Waals surface area (Å²) in [5.41, 5.74) is 1.71. The van der Waals surface area contributed by atoms with Crippen molar-refractivity contribution in [3.05, 3.63) is 45.5 Å². The lowest BCUT2D eigenvalue weighted by Crippen LogP contribution is -1.95. The first-order valence-corrected chi connectivity index (χ1v) is 8.14. The predicted octanol–water partition coefficient (Wildman–Crippen LogP) is 4.54. The first-order valence-electron chi connectivity index (χ1n) is 7.06. The van der Waals surface area contributed by atoms with Crippen LogP contribution in [0.3, 0.4) is 0 Å². The Bertz CT molecular complexity index is 654. The molecule has 0 spiro atoms. The molecule has 0 saturated carbocycles. The molecule has 2 aromatic carbocycles. The molecule has 0 radical (unpaired) electrons. The SMILES string of the molecule is CCOc1ccc(N=Cc2cc(I)c(O)c(OCC)c2)cc1. The molecule has 5 heteroatoms. The third-order valence-corrected chi connectivity index (χ3v) is 3.68. The number of halogens is 1. The Balaban J connectivity index is 2.18. The van der Waals surface area contributed by atoms with Gasteiger partial charge in [-0.15, -0.1) is 0 Å². The number of rotatable bonds is 6. The van der Waals surface area contributed by atoms with Crippen molar-refractivity contribution in [2.45, 2.75) is 13.8 Å². The van der Waals surface area contributed by atoms with Crippen LogP contribution >= 0.6 is 22.6 Å². The predicted molar refractivity (Wildman–Crippen MR) is 96.9 cm³/mol. The van der Waals surface area contributed by atoms with Gasteiger partial charge in [0.25, 0.3) is 0 Å². The Labute approximate surface area is 143 Å². The zero-order valence-electron chi connectivity index (χ0n) is 12.5. The van der Waals surface area contributed by atoms with Crippen LogP contribution < -0.4 is 9.47 Å². The number of phenols is 1. The number of nitrogens with zero attached hydrogens (tertiary/aromatic N) is 1. The zero-order valence-corrected chi connectivity index (χ0v) is 14.7. The Kier molecular flexibility index (Phi) is 6.06. The van der Waals surface area contributed by atoms with Gasteiger partial charge in [0.1, 0.15) is 5.75 Å². The summed E-state index contributed by atoms with van der Waals surface area (Å²) >= 11 is 2.07. The summed E-state index contributed by atoms with van der Waals surface area (Å²) in [6.45, 7) is 4.99. The van der Waals surface area contributed by atoms with E-state index in [0.717, 1.165) is 20.6 Å². The van der Waals surface area contributed by atoms with E-state index >= 15 is 0 Å². The minimum atomic E-state index is 0.167. The average molecular weight is 411 g/mol. The van der Waals surface area contributed by atoms with Gasteiger partial charge in [0.2, 0.25) is 0 Å².